The van der Waals surface area contributed by atoms with Crippen molar-refractivity contribution in [2.24, 2.45) is 7.05 Å². The summed E-state index contributed by atoms with van der Waals surface area (Å²) in [6, 6.07) is 3.45. The summed E-state index contributed by atoms with van der Waals surface area (Å²) in [5.74, 6) is -1.23. The fourth-order valence-electron chi connectivity index (χ4n) is 1.61. The van der Waals surface area contributed by atoms with Gasteiger partial charge < -0.3 is 25.4 Å². The second-order valence-electron chi connectivity index (χ2n) is 4.17. The van der Waals surface area contributed by atoms with Crippen LogP contribution in [0.5, 0.6) is 5.75 Å². The van der Waals surface area contributed by atoms with Crippen molar-refractivity contribution in [1.29, 1.82) is 0 Å². The molecule has 1 aromatic heterocycles. The van der Waals surface area contributed by atoms with Gasteiger partial charge in [0.1, 0.15) is 11.9 Å². The van der Waals surface area contributed by atoms with Gasteiger partial charge in [-0.25, -0.2) is 9.59 Å². The molecule has 0 aliphatic heterocycles. The van der Waals surface area contributed by atoms with E-state index in [0.717, 1.165) is 0 Å². The Kier molecular flexibility index (Phi) is 4.02. The smallest absolute Gasteiger partial charge is 0.339 e. The van der Waals surface area contributed by atoms with Gasteiger partial charge in [-0.2, -0.15) is 0 Å². The molecule has 2 rings (SSSR count). The second-order valence-corrected chi connectivity index (χ2v) is 4.17. The number of para-hydroxylation sites is 1. The zero-order valence-electron chi connectivity index (χ0n) is 11.1. The molecule has 110 valence electrons. The summed E-state index contributed by atoms with van der Waals surface area (Å²) in [5.41, 5.74) is -0.286. The maximum Gasteiger partial charge on any atom is 0.339 e. The molecule has 0 radical (unpaired) electrons. The summed E-state index contributed by atoms with van der Waals surface area (Å²) < 4.78 is 1.64. The van der Waals surface area contributed by atoms with Crippen LogP contribution < -0.4 is 10.6 Å². The Labute approximate surface area is 119 Å². The highest BCUT2D eigenvalue weighted by atomic mass is 16.4. The lowest BCUT2D eigenvalue weighted by Crippen LogP contribution is -2.29. The summed E-state index contributed by atoms with van der Waals surface area (Å²) in [6.45, 7) is 0.141. The highest BCUT2D eigenvalue weighted by Gasteiger charge is 2.14. The summed E-state index contributed by atoms with van der Waals surface area (Å²) in [4.78, 5) is 22.6. The van der Waals surface area contributed by atoms with Crippen LogP contribution >= 0.6 is 0 Å². The third kappa shape index (κ3) is 3.26. The van der Waals surface area contributed by atoms with E-state index in [-0.39, 0.29) is 17.8 Å². The van der Waals surface area contributed by atoms with Gasteiger partial charge in [0.25, 0.3) is 0 Å². The van der Waals surface area contributed by atoms with Gasteiger partial charge in [0.05, 0.1) is 12.2 Å². The molecule has 0 unspecified atom stereocenters. The molecule has 9 heteroatoms. The van der Waals surface area contributed by atoms with Crippen molar-refractivity contribution in [3.8, 4) is 5.75 Å². The molecule has 21 heavy (non-hydrogen) atoms. The van der Waals surface area contributed by atoms with Crippen molar-refractivity contribution in [3.63, 3.8) is 0 Å². The first kappa shape index (κ1) is 14.3. The predicted molar refractivity (Wildman–Crippen MR) is 71.9 cm³/mol. The molecule has 0 spiro atoms. The first-order valence-electron chi connectivity index (χ1n) is 5.92. The van der Waals surface area contributed by atoms with E-state index in [9.17, 15) is 14.7 Å². The maximum atomic E-state index is 11.7. The van der Waals surface area contributed by atoms with Crippen molar-refractivity contribution < 1.29 is 19.8 Å². The zero-order valence-corrected chi connectivity index (χ0v) is 11.1. The minimum Gasteiger partial charge on any atom is -0.505 e. The number of carbonyl (C=O) groups excluding carboxylic acids is 1. The number of carbonyl (C=O) groups is 2. The van der Waals surface area contributed by atoms with E-state index in [1.165, 1.54) is 24.5 Å². The van der Waals surface area contributed by atoms with Crippen LogP contribution in [0.2, 0.25) is 0 Å². The Morgan fingerprint density at radius 1 is 1.38 bits per heavy atom. The molecule has 1 heterocycles. The summed E-state index contributed by atoms with van der Waals surface area (Å²) in [7, 11) is 1.73. The van der Waals surface area contributed by atoms with Crippen LogP contribution in [0.1, 0.15) is 16.2 Å². The van der Waals surface area contributed by atoms with Gasteiger partial charge >= 0.3 is 12.0 Å². The average Bonchev–Trinajstić information content (AvgIpc) is 2.84. The number of aromatic hydroxyl groups is 1. The van der Waals surface area contributed by atoms with Crippen LogP contribution in [0.15, 0.2) is 24.5 Å². The molecule has 2 amide bonds. The Hall–Kier alpha value is -3.10. The second kappa shape index (κ2) is 5.90. The molecular formula is C12H13N5O4. The highest BCUT2D eigenvalue weighted by Crippen LogP contribution is 2.27. The van der Waals surface area contributed by atoms with Crippen LogP contribution in [-0.4, -0.2) is 37.0 Å². The van der Waals surface area contributed by atoms with Crippen LogP contribution in [0.3, 0.4) is 0 Å². The first-order valence-corrected chi connectivity index (χ1v) is 5.92. The molecule has 4 N–H and O–H groups in total. The number of aromatic nitrogens is 3. The number of hydrogen-bond donors (Lipinski definition) is 4. The first-order chi connectivity index (χ1) is 9.99. The normalized spacial score (nSPS) is 10.1. The van der Waals surface area contributed by atoms with Gasteiger partial charge in [-0.15, -0.1) is 10.2 Å². The molecule has 0 fully saturated rings. The van der Waals surface area contributed by atoms with Crippen LogP contribution in [0.25, 0.3) is 0 Å². The zero-order chi connectivity index (χ0) is 15.4. The fourth-order valence-corrected chi connectivity index (χ4v) is 1.61. The number of aromatic carboxylic acids is 1. The monoisotopic (exact) mass is 291 g/mol. The van der Waals surface area contributed by atoms with E-state index in [2.05, 4.69) is 20.8 Å². The van der Waals surface area contributed by atoms with E-state index in [0.29, 0.717) is 5.82 Å². The third-order valence-corrected chi connectivity index (χ3v) is 2.73. The number of aryl methyl sites for hydroxylation is 1. The summed E-state index contributed by atoms with van der Waals surface area (Å²) in [5, 5.41) is 31.0. The van der Waals surface area contributed by atoms with E-state index >= 15 is 0 Å². The molecule has 0 saturated carbocycles. The van der Waals surface area contributed by atoms with Gasteiger partial charge in [0, 0.05) is 7.05 Å². The van der Waals surface area contributed by atoms with Gasteiger partial charge in [0.15, 0.2) is 11.6 Å². The summed E-state index contributed by atoms with van der Waals surface area (Å²) >= 11 is 0. The Morgan fingerprint density at radius 2 is 2.14 bits per heavy atom. The number of phenols is 1. The molecule has 0 saturated heterocycles. The SMILES string of the molecule is Cn1cnnc1CNC(=O)Nc1cccc(C(=O)O)c1O. The standard InChI is InChI=1S/C12H13N5O4/c1-17-6-14-16-9(17)5-13-12(21)15-8-4-2-3-7(10(8)18)11(19)20/h2-4,6,18H,5H2,1H3,(H,19,20)(H2,13,15,21). The Bertz CT molecular complexity index is 682. The van der Waals surface area contributed by atoms with E-state index in [4.69, 9.17) is 5.11 Å². The number of carboxylic acid groups (broad SMARTS) is 1. The fraction of sp³-hybridized carbons (Fsp3) is 0.167. The quantitative estimate of drug-likeness (QED) is 0.608. The van der Waals surface area contributed by atoms with E-state index in [1.807, 2.05) is 0 Å². The minimum absolute atomic E-state index is 0.00497. The number of benzene rings is 1. The molecule has 2 aromatic rings. The number of nitrogens with zero attached hydrogens (tertiary/aromatic N) is 3. The molecule has 0 atom stereocenters. The van der Waals surface area contributed by atoms with Crippen molar-refractivity contribution in [1.82, 2.24) is 20.1 Å². The molecule has 0 bridgehead atoms. The number of hydrogen-bond acceptors (Lipinski definition) is 5. The molecule has 9 nitrogen and oxygen atoms in total. The number of urea groups is 1. The summed E-state index contributed by atoms with van der Waals surface area (Å²) in [6.07, 6.45) is 1.50. The number of anilines is 1. The van der Waals surface area contributed by atoms with Gasteiger partial charge in [-0.1, -0.05) is 6.07 Å². The maximum absolute atomic E-state index is 11.7. The van der Waals surface area contributed by atoms with E-state index < -0.39 is 17.7 Å². The van der Waals surface area contributed by atoms with E-state index in [1.54, 1.807) is 11.6 Å². The lowest BCUT2D eigenvalue weighted by molar-refractivity contribution is 0.0693. The molecule has 0 aliphatic rings. The Balaban J connectivity index is 2.01. The minimum atomic E-state index is -1.28. The topological polar surface area (TPSA) is 129 Å². The van der Waals surface area contributed by atoms with Crippen molar-refractivity contribution >= 4 is 17.7 Å². The largest absolute Gasteiger partial charge is 0.505 e. The number of rotatable bonds is 4. The molecular weight excluding hydrogens is 278 g/mol. The van der Waals surface area contributed by atoms with Crippen LogP contribution in [0.4, 0.5) is 10.5 Å². The lowest BCUT2D eigenvalue weighted by Gasteiger charge is -2.10. The van der Waals surface area contributed by atoms with Crippen molar-refractivity contribution in [3.05, 3.63) is 35.9 Å². The van der Waals surface area contributed by atoms with Crippen LogP contribution in [-0.2, 0) is 13.6 Å². The average molecular weight is 291 g/mol. The third-order valence-electron chi connectivity index (χ3n) is 2.73. The van der Waals surface area contributed by atoms with Gasteiger partial charge in [-0.3, -0.25) is 0 Å². The van der Waals surface area contributed by atoms with Gasteiger partial charge in [-0.05, 0) is 12.1 Å². The molecule has 1 aromatic carbocycles. The van der Waals surface area contributed by atoms with Crippen molar-refractivity contribution in [2.45, 2.75) is 6.54 Å². The lowest BCUT2D eigenvalue weighted by atomic mass is 10.2. The predicted octanol–water partition coefficient (Wildman–Crippen LogP) is 0.541. The Morgan fingerprint density at radius 3 is 2.76 bits per heavy atom. The highest BCUT2D eigenvalue weighted by molar-refractivity contribution is 5.97. The van der Waals surface area contributed by atoms with Crippen molar-refractivity contribution in [2.75, 3.05) is 5.32 Å². The molecule has 0 aliphatic carbocycles. The number of carboxylic acids is 1. The number of amides is 2. The van der Waals surface area contributed by atoms with Gasteiger partial charge in [0.2, 0.25) is 0 Å². The van der Waals surface area contributed by atoms with Crippen LogP contribution in [0, 0.1) is 0 Å². The number of nitrogens with one attached hydrogen (secondary N) is 2.